The lowest BCUT2D eigenvalue weighted by Gasteiger charge is -2.11. The second kappa shape index (κ2) is 6.98. The molecule has 0 fully saturated rings. The van der Waals surface area contributed by atoms with Crippen LogP contribution in [0.15, 0.2) is 67.0 Å². The Morgan fingerprint density at radius 3 is 2.55 bits per heavy atom. The fourth-order valence-corrected chi connectivity index (χ4v) is 3.51. The van der Waals surface area contributed by atoms with Crippen LogP contribution in [0.4, 0.5) is 4.39 Å². The zero-order chi connectivity index (χ0) is 19.8. The first-order chi connectivity index (χ1) is 14.2. The average molecular weight is 384 g/mol. The van der Waals surface area contributed by atoms with Crippen molar-refractivity contribution < 1.29 is 9.13 Å². The van der Waals surface area contributed by atoms with Gasteiger partial charge in [0.1, 0.15) is 0 Å². The van der Waals surface area contributed by atoms with Crippen LogP contribution in [0.25, 0.3) is 21.7 Å². The fraction of sp³-hybridized carbons (Fsp3) is 0.0870. The Morgan fingerprint density at radius 2 is 1.72 bits per heavy atom. The number of aryl methyl sites for hydroxylation is 1. The molecule has 5 nitrogen and oxygen atoms in total. The lowest BCUT2D eigenvalue weighted by Crippen LogP contribution is -2.00. The Balaban J connectivity index is 1.56. The number of nitrogens with one attached hydrogen (secondary N) is 1. The van der Waals surface area contributed by atoms with E-state index in [1.165, 1.54) is 0 Å². The van der Waals surface area contributed by atoms with Gasteiger partial charge in [0, 0.05) is 46.2 Å². The highest BCUT2D eigenvalue weighted by molar-refractivity contribution is 5.89. The van der Waals surface area contributed by atoms with Gasteiger partial charge in [0.25, 0.3) is 0 Å². The summed E-state index contributed by atoms with van der Waals surface area (Å²) in [5.74, 6) is -0.0129. The Morgan fingerprint density at radius 1 is 0.931 bits per heavy atom. The van der Waals surface area contributed by atoms with Crippen molar-refractivity contribution in [1.82, 2.24) is 20.2 Å². The molecule has 0 unspecified atom stereocenters. The van der Waals surface area contributed by atoms with Gasteiger partial charge in [0.05, 0.1) is 5.69 Å². The van der Waals surface area contributed by atoms with Crippen LogP contribution in [0.3, 0.4) is 0 Å². The molecule has 0 saturated carbocycles. The standard InChI is InChI=1S/C23H17FN4O/c1-14-12-18-19(26-14)6-7-21(22(18)24)29-23-17-5-3-2-4-16(17)20(27-28-23)13-15-8-10-25-11-9-15/h2-12,26H,13H2,1H3. The molecule has 142 valence electrons. The molecule has 0 aliphatic rings. The third-order valence-electron chi connectivity index (χ3n) is 4.89. The Bertz CT molecular complexity index is 1330. The maximum atomic E-state index is 14.9. The van der Waals surface area contributed by atoms with E-state index in [9.17, 15) is 4.39 Å². The van der Waals surface area contributed by atoms with Gasteiger partial charge in [-0.05, 0) is 48.9 Å². The number of nitrogens with zero attached hydrogens (tertiary/aromatic N) is 3. The van der Waals surface area contributed by atoms with E-state index in [1.807, 2.05) is 43.3 Å². The molecule has 5 rings (SSSR count). The summed E-state index contributed by atoms with van der Waals surface area (Å²) < 4.78 is 20.8. The second-order valence-electron chi connectivity index (χ2n) is 6.92. The highest BCUT2D eigenvalue weighted by atomic mass is 19.1. The SMILES string of the molecule is Cc1cc2c(F)c(Oc3nnc(Cc4ccncc4)c4ccccc34)ccc2[nH]1. The van der Waals surface area contributed by atoms with Crippen LogP contribution in [0.2, 0.25) is 0 Å². The number of rotatable bonds is 4. The quantitative estimate of drug-likeness (QED) is 0.454. The van der Waals surface area contributed by atoms with Gasteiger partial charge >= 0.3 is 0 Å². The molecule has 6 heteroatoms. The first-order valence-corrected chi connectivity index (χ1v) is 9.28. The molecular formula is C23H17FN4O. The number of hydrogen-bond donors (Lipinski definition) is 1. The summed E-state index contributed by atoms with van der Waals surface area (Å²) >= 11 is 0. The summed E-state index contributed by atoms with van der Waals surface area (Å²) in [6.07, 6.45) is 4.13. The molecule has 1 N–H and O–H groups in total. The summed E-state index contributed by atoms with van der Waals surface area (Å²) in [4.78, 5) is 7.17. The topological polar surface area (TPSA) is 63.7 Å². The maximum absolute atomic E-state index is 14.9. The second-order valence-corrected chi connectivity index (χ2v) is 6.92. The number of hydrogen-bond acceptors (Lipinski definition) is 4. The average Bonchev–Trinajstić information content (AvgIpc) is 3.14. The number of benzene rings is 2. The molecule has 0 radical (unpaired) electrons. The van der Waals surface area contributed by atoms with Crippen molar-refractivity contribution in [2.75, 3.05) is 0 Å². The van der Waals surface area contributed by atoms with E-state index in [-0.39, 0.29) is 11.6 Å². The number of fused-ring (bicyclic) bond motifs is 2. The van der Waals surface area contributed by atoms with E-state index in [2.05, 4.69) is 20.2 Å². The molecule has 2 aromatic carbocycles. The zero-order valence-electron chi connectivity index (χ0n) is 15.7. The number of aromatic amines is 1. The minimum atomic E-state index is -0.418. The summed E-state index contributed by atoms with van der Waals surface area (Å²) in [5.41, 5.74) is 3.54. The van der Waals surface area contributed by atoms with E-state index in [1.54, 1.807) is 30.6 Å². The Hall–Kier alpha value is -3.80. The van der Waals surface area contributed by atoms with Crippen LogP contribution in [0.5, 0.6) is 11.6 Å². The molecule has 0 aliphatic carbocycles. The van der Waals surface area contributed by atoms with Crippen LogP contribution in [0.1, 0.15) is 17.0 Å². The van der Waals surface area contributed by atoms with Gasteiger partial charge in [-0.15, -0.1) is 5.10 Å². The largest absolute Gasteiger partial charge is 0.434 e. The van der Waals surface area contributed by atoms with E-state index >= 15 is 0 Å². The van der Waals surface area contributed by atoms with Crippen molar-refractivity contribution >= 4 is 21.7 Å². The molecule has 0 bridgehead atoms. The van der Waals surface area contributed by atoms with Crippen LogP contribution in [-0.4, -0.2) is 20.2 Å². The molecule has 0 saturated heterocycles. The lowest BCUT2D eigenvalue weighted by atomic mass is 10.1. The minimum absolute atomic E-state index is 0.123. The Labute approximate surface area is 166 Å². The Kier molecular flexibility index (Phi) is 4.17. The van der Waals surface area contributed by atoms with E-state index < -0.39 is 5.82 Å². The van der Waals surface area contributed by atoms with Gasteiger partial charge in [-0.1, -0.05) is 18.2 Å². The van der Waals surface area contributed by atoms with Crippen LogP contribution < -0.4 is 4.74 Å². The minimum Gasteiger partial charge on any atom is -0.434 e. The molecule has 5 aromatic rings. The smallest absolute Gasteiger partial charge is 0.246 e. The summed E-state index contributed by atoms with van der Waals surface area (Å²) in [7, 11) is 0. The van der Waals surface area contributed by atoms with Gasteiger partial charge < -0.3 is 9.72 Å². The van der Waals surface area contributed by atoms with Gasteiger partial charge in [-0.25, -0.2) is 4.39 Å². The normalized spacial score (nSPS) is 11.2. The first kappa shape index (κ1) is 17.3. The first-order valence-electron chi connectivity index (χ1n) is 9.28. The molecule has 3 aromatic heterocycles. The van der Waals surface area contributed by atoms with Crippen LogP contribution >= 0.6 is 0 Å². The summed E-state index contributed by atoms with van der Waals surface area (Å²) in [6, 6.07) is 16.8. The summed E-state index contributed by atoms with van der Waals surface area (Å²) in [6.45, 7) is 1.89. The molecule has 0 spiro atoms. The van der Waals surface area contributed by atoms with E-state index in [0.29, 0.717) is 11.8 Å². The van der Waals surface area contributed by atoms with Crippen LogP contribution in [-0.2, 0) is 6.42 Å². The van der Waals surface area contributed by atoms with Gasteiger partial charge in [-0.2, -0.15) is 5.10 Å². The van der Waals surface area contributed by atoms with E-state index in [0.717, 1.165) is 33.2 Å². The monoisotopic (exact) mass is 384 g/mol. The number of H-pyrrole nitrogens is 1. The molecule has 29 heavy (non-hydrogen) atoms. The highest BCUT2D eigenvalue weighted by Crippen LogP contribution is 2.33. The molecule has 3 heterocycles. The number of aromatic nitrogens is 4. The van der Waals surface area contributed by atoms with Gasteiger partial charge in [-0.3, -0.25) is 4.98 Å². The van der Waals surface area contributed by atoms with Crippen molar-refractivity contribution in [3.05, 3.63) is 89.8 Å². The number of ether oxygens (including phenoxy) is 1. The maximum Gasteiger partial charge on any atom is 0.246 e. The third-order valence-corrected chi connectivity index (χ3v) is 4.89. The van der Waals surface area contributed by atoms with Crippen molar-refractivity contribution in [3.63, 3.8) is 0 Å². The number of pyridine rings is 1. The van der Waals surface area contributed by atoms with Crippen molar-refractivity contribution in [3.8, 4) is 11.6 Å². The molecule has 0 amide bonds. The number of halogens is 1. The van der Waals surface area contributed by atoms with Crippen LogP contribution in [0, 0.1) is 12.7 Å². The lowest BCUT2D eigenvalue weighted by molar-refractivity contribution is 0.429. The zero-order valence-corrected chi connectivity index (χ0v) is 15.7. The van der Waals surface area contributed by atoms with Gasteiger partial charge in [0.15, 0.2) is 11.6 Å². The molecular weight excluding hydrogens is 367 g/mol. The summed E-state index contributed by atoms with van der Waals surface area (Å²) in [5, 5.41) is 10.8. The molecule has 0 atom stereocenters. The fourth-order valence-electron chi connectivity index (χ4n) is 3.51. The van der Waals surface area contributed by atoms with Crippen molar-refractivity contribution in [2.45, 2.75) is 13.3 Å². The molecule has 0 aliphatic heterocycles. The third kappa shape index (κ3) is 3.18. The predicted molar refractivity (Wildman–Crippen MR) is 110 cm³/mol. The van der Waals surface area contributed by atoms with E-state index in [4.69, 9.17) is 4.74 Å². The predicted octanol–water partition coefficient (Wildman–Crippen LogP) is 5.34. The highest BCUT2D eigenvalue weighted by Gasteiger charge is 2.15. The van der Waals surface area contributed by atoms with Gasteiger partial charge in [0.2, 0.25) is 5.88 Å². The van der Waals surface area contributed by atoms with Crippen molar-refractivity contribution in [1.29, 1.82) is 0 Å². The van der Waals surface area contributed by atoms with Crippen molar-refractivity contribution in [2.24, 2.45) is 0 Å².